The van der Waals surface area contributed by atoms with Crippen molar-refractivity contribution in [2.24, 2.45) is 0 Å². The van der Waals surface area contributed by atoms with Crippen molar-refractivity contribution in [3.63, 3.8) is 0 Å². The van der Waals surface area contributed by atoms with Crippen LogP contribution in [0, 0.1) is 5.82 Å². The topological polar surface area (TPSA) is 41.1 Å². The van der Waals surface area contributed by atoms with E-state index < -0.39 is 0 Å². The van der Waals surface area contributed by atoms with E-state index in [1.807, 2.05) is 32.4 Å². The van der Waals surface area contributed by atoms with Crippen LogP contribution in [0.1, 0.15) is 0 Å². The van der Waals surface area contributed by atoms with Crippen LogP contribution in [0.3, 0.4) is 0 Å². The van der Waals surface area contributed by atoms with Gasteiger partial charge in [0.25, 0.3) is 0 Å². The third-order valence-electron chi connectivity index (χ3n) is 3.48. The average Bonchev–Trinajstić information content (AvgIpc) is 2.90. The van der Waals surface area contributed by atoms with Gasteiger partial charge < -0.3 is 14.6 Å². The molecule has 2 aromatic heterocycles. The molecule has 0 unspecified atom stereocenters. The molecule has 5 heteroatoms. The number of nitrogens with zero attached hydrogens (tertiary/aromatic N) is 2. The van der Waals surface area contributed by atoms with Crippen molar-refractivity contribution in [3.8, 4) is 17.0 Å². The van der Waals surface area contributed by atoms with Gasteiger partial charge in [-0.25, -0.2) is 9.37 Å². The van der Waals surface area contributed by atoms with E-state index in [4.69, 9.17) is 4.74 Å². The lowest BCUT2D eigenvalue weighted by Crippen LogP contribution is -2.19. The van der Waals surface area contributed by atoms with Gasteiger partial charge in [0.05, 0.1) is 0 Å². The first-order valence-electron chi connectivity index (χ1n) is 7.14. The highest BCUT2D eigenvalue weighted by Gasteiger charge is 2.07. The van der Waals surface area contributed by atoms with Crippen LogP contribution in [0.15, 0.2) is 42.7 Å². The van der Waals surface area contributed by atoms with Gasteiger partial charge in [-0.1, -0.05) is 0 Å². The fourth-order valence-corrected chi connectivity index (χ4v) is 2.30. The van der Waals surface area contributed by atoms with Gasteiger partial charge in [-0.3, -0.25) is 0 Å². The van der Waals surface area contributed by atoms with Crippen LogP contribution in [0.4, 0.5) is 4.39 Å². The van der Waals surface area contributed by atoms with Crippen molar-refractivity contribution in [2.45, 2.75) is 0 Å². The molecule has 4 nitrogen and oxygen atoms in total. The van der Waals surface area contributed by atoms with E-state index in [2.05, 4.69) is 14.9 Å². The van der Waals surface area contributed by atoms with Crippen LogP contribution in [0.25, 0.3) is 22.0 Å². The molecule has 0 atom stereocenters. The van der Waals surface area contributed by atoms with E-state index >= 15 is 0 Å². The number of likely N-dealkylation sites (N-methyl/N-ethyl adjacent to an activating group) is 1. The molecule has 0 fully saturated rings. The summed E-state index contributed by atoms with van der Waals surface area (Å²) in [5, 5.41) is 0.976. The maximum atomic E-state index is 13.2. The SMILES string of the molecule is CN(C)CCOc1ccc(-c2c[nH]c3cc(F)ccc23)cn1. The molecule has 1 N–H and O–H groups in total. The molecular weight excluding hydrogens is 281 g/mol. The Morgan fingerprint density at radius 2 is 2.09 bits per heavy atom. The minimum atomic E-state index is -0.247. The van der Waals surface area contributed by atoms with Crippen LogP contribution in [-0.4, -0.2) is 42.1 Å². The second-order valence-electron chi connectivity index (χ2n) is 5.43. The lowest BCUT2D eigenvalue weighted by atomic mass is 10.1. The van der Waals surface area contributed by atoms with Crippen molar-refractivity contribution in [1.29, 1.82) is 0 Å². The number of fused-ring (bicyclic) bond motifs is 1. The molecule has 0 radical (unpaired) electrons. The highest BCUT2D eigenvalue weighted by atomic mass is 19.1. The lowest BCUT2D eigenvalue weighted by molar-refractivity contribution is 0.254. The summed E-state index contributed by atoms with van der Waals surface area (Å²) in [7, 11) is 4.00. The van der Waals surface area contributed by atoms with Gasteiger partial charge in [-0.05, 0) is 38.4 Å². The van der Waals surface area contributed by atoms with Crippen molar-refractivity contribution in [3.05, 3.63) is 48.5 Å². The minimum Gasteiger partial charge on any atom is -0.476 e. The Morgan fingerprint density at radius 3 is 2.82 bits per heavy atom. The summed E-state index contributed by atoms with van der Waals surface area (Å²) in [4.78, 5) is 9.47. The number of halogens is 1. The second-order valence-corrected chi connectivity index (χ2v) is 5.43. The predicted octanol–water partition coefficient (Wildman–Crippen LogP) is 3.31. The highest BCUT2D eigenvalue weighted by molar-refractivity contribution is 5.95. The Balaban J connectivity index is 1.79. The summed E-state index contributed by atoms with van der Waals surface area (Å²) in [5.41, 5.74) is 2.75. The zero-order chi connectivity index (χ0) is 15.5. The number of hydrogen-bond acceptors (Lipinski definition) is 3. The standard InChI is InChI=1S/C17H18FN3O/c1-21(2)7-8-22-17-6-3-12(10-20-17)15-11-19-16-9-13(18)4-5-14(15)16/h3-6,9-11,19H,7-8H2,1-2H3. The first-order valence-corrected chi connectivity index (χ1v) is 7.14. The quantitative estimate of drug-likeness (QED) is 0.786. The van der Waals surface area contributed by atoms with Crippen LogP contribution >= 0.6 is 0 Å². The predicted molar refractivity (Wildman–Crippen MR) is 85.5 cm³/mol. The van der Waals surface area contributed by atoms with Crippen LogP contribution in [-0.2, 0) is 0 Å². The number of benzene rings is 1. The Labute approximate surface area is 128 Å². The number of H-pyrrole nitrogens is 1. The Hall–Kier alpha value is -2.40. The minimum absolute atomic E-state index is 0.247. The first kappa shape index (κ1) is 14.5. The number of pyridine rings is 1. The van der Waals surface area contributed by atoms with Crippen molar-refractivity contribution < 1.29 is 9.13 Å². The molecule has 0 aliphatic carbocycles. The summed E-state index contributed by atoms with van der Waals surface area (Å²) >= 11 is 0. The normalized spacial score (nSPS) is 11.3. The van der Waals surface area contributed by atoms with Gasteiger partial charge in [0.1, 0.15) is 12.4 Å². The van der Waals surface area contributed by atoms with Gasteiger partial charge in [0, 0.05) is 47.0 Å². The number of aromatic amines is 1. The summed E-state index contributed by atoms with van der Waals surface area (Å²) in [6.45, 7) is 1.45. The molecule has 3 aromatic rings. The molecule has 0 aliphatic heterocycles. The molecule has 3 rings (SSSR count). The number of ether oxygens (including phenoxy) is 1. The summed E-state index contributed by atoms with van der Waals surface area (Å²) in [5.74, 6) is 0.361. The molecule has 114 valence electrons. The summed E-state index contributed by atoms with van der Waals surface area (Å²) in [6, 6.07) is 8.55. The number of aromatic nitrogens is 2. The van der Waals surface area contributed by atoms with E-state index in [1.165, 1.54) is 12.1 Å². The highest BCUT2D eigenvalue weighted by Crippen LogP contribution is 2.29. The zero-order valence-electron chi connectivity index (χ0n) is 12.6. The van der Waals surface area contributed by atoms with E-state index in [1.54, 1.807) is 12.3 Å². The van der Waals surface area contributed by atoms with E-state index in [0.29, 0.717) is 12.5 Å². The lowest BCUT2D eigenvalue weighted by Gasteiger charge is -2.10. The summed E-state index contributed by atoms with van der Waals surface area (Å²) < 4.78 is 18.8. The summed E-state index contributed by atoms with van der Waals surface area (Å²) in [6.07, 6.45) is 3.64. The van der Waals surface area contributed by atoms with Crippen LogP contribution < -0.4 is 4.74 Å². The number of nitrogens with one attached hydrogen (secondary N) is 1. The maximum Gasteiger partial charge on any atom is 0.213 e. The maximum absolute atomic E-state index is 13.2. The van der Waals surface area contributed by atoms with Gasteiger partial charge in [0.15, 0.2) is 0 Å². The van der Waals surface area contributed by atoms with E-state index in [-0.39, 0.29) is 5.82 Å². The molecule has 0 bridgehead atoms. The Morgan fingerprint density at radius 1 is 1.23 bits per heavy atom. The van der Waals surface area contributed by atoms with Gasteiger partial charge >= 0.3 is 0 Å². The van der Waals surface area contributed by atoms with Gasteiger partial charge in [-0.15, -0.1) is 0 Å². The fourth-order valence-electron chi connectivity index (χ4n) is 2.30. The first-order chi connectivity index (χ1) is 10.6. The zero-order valence-corrected chi connectivity index (χ0v) is 12.6. The van der Waals surface area contributed by atoms with Crippen LogP contribution in [0.2, 0.25) is 0 Å². The molecule has 2 heterocycles. The molecule has 0 spiro atoms. The third kappa shape index (κ3) is 3.09. The smallest absolute Gasteiger partial charge is 0.213 e. The third-order valence-corrected chi connectivity index (χ3v) is 3.48. The van der Waals surface area contributed by atoms with Crippen molar-refractivity contribution in [1.82, 2.24) is 14.9 Å². The number of hydrogen-bond donors (Lipinski definition) is 1. The van der Waals surface area contributed by atoms with Gasteiger partial charge in [0.2, 0.25) is 5.88 Å². The van der Waals surface area contributed by atoms with Gasteiger partial charge in [-0.2, -0.15) is 0 Å². The molecule has 1 aromatic carbocycles. The van der Waals surface area contributed by atoms with Crippen LogP contribution in [0.5, 0.6) is 5.88 Å². The molecule has 22 heavy (non-hydrogen) atoms. The fraction of sp³-hybridized carbons (Fsp3) is 0.235. The van der Waals surface area contributed by atoms with Crippen molar-refractivity contribution in [2.75, 3.05) is 27.2 Å². The molecule has 0 saturated carbocycles. The largest absolute Gasteiger partial charge is 0.476 e. The molecule has 0 amide bonds. The molecular formula is C17H18FN3O. The Bertz CT molecular complexity index is 765. The monoisotopic (exact) mass is 299 g/mol. The average molecular weight is 299 g/mol. The van der Waals surface area contributed by atoms with E-state index in [0.717, 1.165) is 28.6 Å². The molecule has 0 saturated heterocycles. The molecule has 0 aliphatic rings. The second kappa shape index (κ2) is 6.15. The Kier molecular flexibility index (Phi) is 4.06. The van der Waals surface area contributed by atoms with Crippen molar-refractivity contribution >= 4 is 10.9 Å². The van der Waals surface area contributed by atoms with E-state index in [9.17, 15) is 4.39 Å². The number of rotatable bonds is 5.